The van der Waals surface area contributed by atoms with Gasteiger partial charge in [0.2, 0.25) is 0 Å². The average Bonchev–Trinajstić information content (AvgIpc) is 2.93. The van der Waals surface area contributed by atoms with Crippen molar-refractivity contribution in [3.05, 3.63) is 30.1 Å². The number of ether oxygens (including phenoxy) is 1. The quantitative estimate of drug-likeness (QED) is 0.934. The van der Waals surface area contributed by atoms with E-state index in [0.29, 0.717) is 6.54 Å². The number of benzene rings is 1. The van der Waals surface area contributed by atoms with E-state index in [4.69, 9.17) is 15.5 Å². The minimum absolute atomic E-state index is 0.246. The number of hydrogen-bond acceptors (Lipinski definition) is 4. The van der Waals surface area contributed by atoms with Gasteiger partial charge in [0.05, 0.1) is 30.3 Å². The third-order valence-electron chi connectivity index (χ3n) is 4.37. The molecule has 2 aromatic rings. The lowest BCUT2D eigenvalue weighted by molar-refractivity contribution is 0.0174. The van der Waals surface area contributed by atoms with Crippen LogP contribution in [0.5, 0.6) is 0 Å². The van der Waals surface area contributed by atoms with Gasteiger partial charge in [-0.3, -0.25) is 4.90 Å². The first-order valence-electron chi connectivity index (χ1n) is 7.71. The van der Waals surface area contributed by atoms with E-state index in [9.17, 15) is 0 Å². The maximum absolute atomic E-state index is 5.92. The van der Waals surface area contributed by atoms with E-state index in [1.165, 1.54) is 5.52 Å². The smallest absolute Gasteiger partial charge is 0.127 e. The second-order valence-electron chi connectivity index (χ2n) is 5.74. The second kappa shape index (κ2) is 6.13. The van der Waals surface area contributed by atoms with Gasteiger partial charge in [-0.1, -0.05) is 12.1 Å². The molecule has 1 fully saturated rings. The Kier molecular flexibility index (Phi) is 4.24. The fourth-order valence-electron chi connectivity index (χ4n) is 3.05. The molecule has 3 rings (SSSR count). The van der Waals surface area contributed by atoms with Gasteiger partial charge in [-0.25, -0.2) is 4.98 Å². The Hall–Kier alpha value is -1.43. The summed E-state index contributed by atoms with van der Waals surface area (Å²) < 4.78 is 7.76. The largest absolute Gasteiger partial charge is 0.379 e. The first-order chi connectivity index (χ1) is 10.2. The van der Waals surface area contributed by atoms with Crippen LogP contribution in [-0.4, -0.2) is 47.3 Å². The van der Waals surface area contributed by atoms with Gasteiger partial charge in [0.1, 0.15) is 5.82 Å². The number of imidazole rings is 1. The number of aromatic nitrogens is 2. The highest BCUT2D eigenvalue weighted by molar-refractivity contribution is 5.76. The van der Waals surface area contributed by atoms with Gasteiger partial charge in [0, 0.05) is 25.7 Å². The Labute approximate surface area is 125 Å². The lowest BCUT2D eigenvalue weighted by atomic mass is 10.2. The fraction of sp³-hybridized carbons (Fsp3) is 0.562. The zero-order chi connectivity index (χ0) is 14.8. The van der Waals surface area contributed by atoms with Crippen LogP contribution in [0, 0.1) is 0 Å². The second-order valence-corrected chi connectivity index (χ2v) is 5.74. The summed E-state index contributed by atoms with van der Waals surface area (Å²) in [7, 11) is 0. The van der Waals surface area contributed by atoms with Crippen molar-refractivity contribution < 1.29 is 4.74 Å². The number of hydrogen-bond donors (Lipinski definition) is 1. The number of nitrogens with zero attached hydrogens (tertiary/aromatic N) is 3. The van der Waals surface area contributed by atoms with Crippen LogP contribution in [0.25, 0.3) is 11.0 Å². The Morgan fingerprint density at radius 1 is 1.24 bits per heavy atom. The molecule has 2 heterocycles. The van der Waals surface area contributed by atoms with Crippen LogP contribution < -0.4 is 5.73 Å². The number of fused-ring (bicyclic) bond motifs is 1. The highest BCUT2D eigenvalue weighted by Gasteiger charge is 2.25. The molecule has 21 heavy (non-hydrogen) atoms. The molecular weight excluding hydrogens is 264 g/mol. The summed E-state index contributed by atoms with van der Waals surface area (Å²) >= 11 is 0. The highest BCUT2D eigenvalue weighted by Crippen LogP contribution is 2.28. The monoisotopic (exact) mass is 288 g/mol. The molecule has 0 aliphatic carbocycles. The molecular formula is C16H24N4O. The van der Waals surface area contributed by atoms with Crippen LogP contribution in [0.4, 0.5) is 0 Å². The van der Waals surface area contributed by atoms with Crippen LogP contribution >= 0.6 is 0 Å². The summed E-state index contributed by atoms with van der Waals surface area (Å²) in [5.74, 6) is 1.11. The first kappa shape index (κ1) is 14.5. The minimum atomic E-state index is 0.246. The van der Waals surface area contributed by atoms with Crippen LogP contribution in [-0.2, 0) is 4.74 Å². The zero-order valence-corrected chi connectivity index (χ0v) is 12.8. The third-order valence-corrected chi connectivity index (χ3v) is 4.37. The molecule has 0 spiro atoms. The molecule has 5 heteroatoms. The van der Waals surface area contributed by atoms with E-state index in [2.05, 4.69) is 41.5 Å². The normalized spacial score (nSPS) is 19.8. The molecule has 2 atom stereocenters. The molecule has 5 nitrogen and oxygen atoms in total. The predicted molar refractivity (Wildman–Crippen MR) is 84.3 cm³/mol. The summed E-state index contributed by atoms with van der Waals surface area (Å²) in [5.41, 5.74) is 8.14. The van der Waals surface area contributed by atoms with E-state index in [0.717, 1.165) is 37.6 Å². The third kappa shape index (κ3) is 2.69. The van der Waals surface area contributed by atoms with Crippen molar-refractivity contribution in [2.75, 3.05) is 32.8 Å². The van der Waals surface area contributed by atoms with Crippen molar-refractivity contribution in [1.29, 1.82) is 0 Å². The molecule has 1 aromatic carbocycles. The van der Waals surface area contributed by atoms with Crippen LogP contribution in [0.2, 0.25) is 0 Å². The van der Waals surface area contributed by atoms with Crippen molar-refractivity contribution >= 4 is 11.0 Å². The van der Waals surface area contributed by atoms with Crippen molar-refractivity contribution in [3.63, 3.8) is 0 Å². The number of nitrogens with two attached hydrogens (primary N) is 1. The Morgan fingerprint density at radius 2 is 1.95 bits per heavy atom. The minimum Gasteiger partial charge on any atom is -0.379 e. The van der Waals surface area contributed by atoms with E-state index >= 15 is 0 Å². The molecule has 1 aliphatic rings. The van der Waals surface area contributed by atoms with E-state index in [1.807, 2.05) is 6.07 Å². The Bertz CT molecular complexity index is 603. The van der Waals surface area contributed by atoms with Gasteiger partial charge >= 0.3 is 0 Å². The molecule has 1 aliphatic heterocycles. The summed E-state index contributed by atoms with van der Waals surface area (Å²) in [4.78, 5) is 7.32. The molecule has 2 N–H and O–H groups in total. The topological polar surface area (TPSA) is 56.3 Å². The van der Waals surface area contributed by atoms with Crippen molar-refractivity contribution in [3.8, 4) is 0 Å². The molecule has 0 bridgehead atoms. The standard InChI is InChI=1S/C16H24N4O/c1-12(11-17)20-15-6-4-3-5-14(15)18-16(20)13(2)19-7-9-21-10-8-19/h3-6,12-13H,7-11,17H2,1-2H3. The fourth-order valence-corrected chi connectivity index (χ4v) is 3.05. The lowest BCUT2D eigenvalue weighted by Crippen LogP contribution is -2.39. The molecule has 1 aromatic heterocycles. The first-order valence-corrected chi connectivity index (χ1v) is 7.71. The number of para-hydroxylation sites is 2. The Balaban J connectivity index is 2.03. The highest BCUT2D eigenvalue weighted by atomic mass is 16.5. The Morgan fingerprint density at radius 3 is 2.67 bits per heavy atom. The van der Waals surface area contributed by atoms with Gasteiger partial charge in [-0.15, -0.1) is 0 Å². The van der Waals surface area contributed by atoms with Gasteiger partial charge in [-0.2, -0.15) is 0 Å². The summed E-state index contributed by atoms with van der Waals surface area (Å²) in [5, 5.41) is 0. The van der Waals surface area contributed by atoms with Crippen LogP contribution in [0.15, 0.2) is 24.3 Å². The summed E-state index contributed by atoms with van der Waals surface area (Å²) in [6, 6.07) is 8.82. The molecule has 1 saturated heterocycles. The van der Waals surface area contributed by atoms with Gasteiger partial charge in [0.15, 0.2) is 0 Å². The van der Waals surface area contributed by atoms with Crippen LogP contribution in [0.3, 0.4) is 0 Å². The van der Waals surface area contributed by atoms with Gasteiger partial charge < -0.3 is 15.0 Å². The van der Waals surface area contributed by atoms with Crippen molar-refractivity contribution in [1.82, 2.24) is 14.5 Å². The summed E-state index contributed by atoms with van der Waals surface area (Å²) in [6.07, 6.45) is 0. The van der Waals surface area contributed by atoms with E-state index < -0.39 is 0 Å². The van der Waals surface area contributed by atoms with Gasteiger partial charge in [-0.05, 0) is 26.0 Å². The lowest BCUT2D eigenvalue weighted by Gasteiger charge is -2.32. The molecule has 2 unspecified atom stereocenters. The molecule has 0 amide bonds. The van der Waals surface area contributed by atoms with Gasteiger partial charge in [0.25, 0.3) is 0 Å². The van der Waals surface area contributed by atoms with Crippen molar-refractivity contribution in [2.45, 2.75) is 25.9 Å². The van der Waals surface area contributed by atoms with Crippen LogP contribution in [0.1, 0.15) is 31.8 Å². The number of rotatable bonds is 4. The van der Waals surface area contributed by atoms with E-state index in [-0.39, 0.29) is 12.1 Å². The SMILES string of the molecule is CC(c1nc2ccccc2n1C(C)CN)N1CCOCC1. The van der Waals surface area contributed by atoms with Crippen molar-refractivity contribution in [2.24, 2.45) is 5.73 Å². The summed E-state index contributed by atoms with van der Waals surface area (Å²) in [6.45, 7) is 8.52. The molecule has 0 saturated carbocycles. The number of morpholine rings is 1. The average molecular weight is 288 g/mol. The molecule has 114 valence electrons. The predicted octanol–water partition coefficient (Wildman–Crippen LogP) is 1.95. The van der Waals surface area contributed by atoms with E-state index in [1.54, 1.807) is 0 Å². The maximum atomic E-state index is 5.92. The zero-order valence-electron chi connectivity index (χ0n) is 12.8. The molecule has 0 radical (unpaired) electrons. The maximum Gasteiger partial charge on any atom is 0.127 e.